The summed E-state index contributed by atoms with van der Waals surface area (Å²) in [5.74, 6) is 0.638. The van der Waals surface area contributed by atoms with Crippen LogP contribution in [-0.2, 0) is 6.54 Å². The molecule has 0 amide bonds. The Morgan fingerprint density at radius 3 is 2.64 bits per heavy atom. The molecule has 164 valence electrons. The molecule has 0 saturated carbocycles. The van der Waals surface area contributed by atoms with Gasteiger partial charge in [0.05, 0.1) is 29.9 Å². The van der Waals surface area contributed by atoms with E-state index < -0.39 is 0 Å². The molecule has 0 unspecified atom stereocenters. The fourth-order valence-corrected chi connectivity index (χ4v) is 4.88. The second kappa shape index (κ2) is 8.77. The molecule has 0 aliphatic carbocycles. The highest BCUT2D eigenvalue weighted by Gasteiger charge is 2.24. The van der Waals surface area contributed by atoms with E-state index in [1.54, 1.807) is 25.7 Å². The molecule has 33 heavy (non-hydrogen) atoms. The topological polar surface area (TPSA) is 69.9 Å². The van der Waals surface area contributed by atoms with Gasteiger partial charge in [-0.2, -0.15) is 10.2 Å². The van der Waals surface area contributed by atoms with Crippen LogP contribution in [0.5, 0.6) is 5.75 Å². The third kappa shape index (κ3) is 4.01. The van der Waals surface area contributed by atoms with E-state index in [2.05, 4.69) is 19.7 Å². The Hall–Kier alpha value is -3.55. The van der Waals surface area contributed by atoms with E-state index >= 15 is 0 Å². The Balaban J connectivity index is 1.61. The van der Waals surface area contributed by atoms with E-state index in [1.165, 1.54) is 11.3 Å². The highest BCUT2D eigenvalue weighted by Crippen LogP contribution is 2.34. The normalized spacial score (nSPS) is 11.1. The highest BCUT2D eigenvalue weighted by atomic mass is 35.5. The SMILES string of the molecule is COc1ccc2c(c1)c(C(=O)c1cnc(-c3ccnnc3)s1)c(C)n2Cc1ccc(Cl)cc1. The molecule has 0 aliphatic rings. The maximum atomic E-state index is 13.7. The highest BCUT2D eigenvalue weighted by molar-refractivity contribution is 7.17. The first-order valence-corrected chi connectivity index (χ1v) is 11.4. The zero-order chi connectivity index (χ0) is 22.9. The summed E-state index contributed by atoms with van der Waals surface area (Å²) in [4.78, 5) is 18.7. The van der Waals surface area contributed by atoms with Gasteiger partial charge < -0.3 is 9.30 Å². The van der Waals surface area contributed by atoms with Crippen LogP contribution >= 0.6 is 22.9 Å². The number of hydrogen-bond acceptors (Lipinski definition) is 6. The second-order valence-corrected chi connectivity index (χ2v) is 9.01. The third-order valence-electron chi connectivity index (χ3n) is 5.57. The van der Waals surface area contributed by atoms with Crippen LogP contribution in [0.2, 0.25) is 5.02 Å². The van der Waals surface area contributed by atoms with Crippen LogP contribution in [-0.4, -0.2) is 32.6 Å². The lowest BCUT2D eigenvalue weighted by Crippen LogP contribution is -2.05. The number of thiazole rings is 1. The van der Waals surface area contributed by atoms with Gasteiger partial charge in [-0.05, 0) is 48.9 Å². The van der Waals surface area contributed by atoms with Gasteiger partial charge in [0.1, 0.15) is 10.8 Å². The number of halogens is 1. The van der Waals surface area contributed by atoms with Crippen molar-refractivity contribution in [1.82, 2.24) is 19.7 Å². The molecule has 5 rings (SSSR count). The summed E-state index contributed by atoms with van der Waals surface area (Å²) in [5.41, 5.74) is 4.44. The Labute approximate surface area is 199 Å². The van der Waals surface area contributed by atoms with Gasteiger partial charge in [-0.3, -0.25) is 4.79 Å². The van der Waals surface area contributed by atoms with Crippen LogP contribution in [0.1, 0.15) is 26.5 Å². The lowest BCUT2D eigenvalue weighted by Gasteiger charge is -2.09. The van der Waals surface area contributed by atoms with Gasteiger partial charge in [-0.25, -0.2) is 4.98 Å². The summed E-state index contributed by atoms with van der Waals surface area (Å²) < 4.78 is 7.60. The molecule has 3 aromatic heterocycles. The molecule has 0 N–H and O–H groups in total. The van der Waals surface area contributed by atoms with Gasteiger partial charge in [-0.15, -0.1) is 11.3 Å². The van der Waals surface area contributed by atoms with E-state index in [4.69, 9.17) is 16.3 Å². The summed E-state index contributed by atoms with van der Waals surface area (Å²) in [7, 11) is 1.62. The molecule has 2 aromatic carbocycles. The zero-order valence-corrected chi connectivity index (χ0v) is 19.5. The average Bonchev–Trinajstić information content (AvgIpc) is 3.44. The number of carbonyl (C=O) groups is 1. The lowest BCUT2D eigenvalue weighted by atomic mass is 10.1. The first-order valence-electron chi connectivity index (χ1n) is 10.2. The van der Waals surface area contributed by atoms with Crippen LogP contribution in [0.4, 0.5) is 0 Å². The van der Waals surface area contributed by atoms with Crippen molar-refractivity contribution in [2.24, 2.45) is 0 Å². The van der Waals surface area contributed by atoms with Gasteiger partial charge >= 0.3 is 0 Å². The van der Waals surface area contributed by atoms with Crippen LogP contribution in [0.3, 0.4) is 0 Å². The van der Waals surface area contributed by atoms with Gasteiger partial charge in [0, 0.05) is 39.9 Å². The molecular formula is C25H19ClN4O2S. The average molecular weight is 475 g/mol. The number of methoxy groups -OCH3 is 1. The van der Waals surface area contributed by atoms with E-state index in [1.807, 2.05) is 55.5 Å². The minimum Gasteiger partial charge on any atom is -0.497 e. The molecule has 0 spiro atoms. The quantitative estimate of drug-likeness (QED) is 0.291. The summed E-state index contributed by atoms with van der Waals surface area (Å²) in [6.07, 6.45) is 4.88. The van der Waals surface area contributed by atoms with Crippen molar-refractivity contribution in [3.8, 4) is 16.3 Å². The van der Waals surface area contributed by atoms with Crippen molar-refractivity contribution < 1.29 is 9.53 Å². The van der Waals surface area contributed by atoms with Crippen molar-refractivity contribution in [3.63, 3.8) is 0 Å². The van der Waals surface area contributed by atoms with E-state index in [9.17, 15) is 4.79 Å². The lowest BCUT2D eigenvalue weighted by molar-refractivity contribution is 0.104. The minimum absolute atomic E-state index is 0.0635. The number of ether oxygens (including phenoxy) is 1. The van der Waals surface area contributed by atoms with Crippen LogP contribution in [0, 0.1) is 6.92 Å². The molecule has 8 heteroatoms. The van der Waals surface area contributed by atoms with Gasteiger partial charge in [-0.1, -0.05) is 23.7 Å². The monoisotopic (exact) mass is 474 g/mol. The first-order chi connectivity index (χ1) is 16.0. The Morgan fingerprint density at radius 2 is 1.91 bits per heavy atom. The number of benzene rings is 2. The summed E-state index contributed by atoms with van der Waals surface area (Å²) in [6, 6.07) is 15.4. The molecule has 3 heterocycles. The van der Waals surface area contributed by atoms with Gasteiger partial charge in [0.2, 0.25) is 5.78 Å². The predicted octanol–water partition coefficient (Wildman–Crippen LogP) is 5.80. The number of rotatable bonds is 6. The summed E-state index contributed by atoms with van der Waals surface area (Å²) >= 11 is 7.40. The first kappa shape index (κ1) is 21.3. The standard InChI is InChI=1S/C25H19ClN4O2S/c1-15-23(24(31)22-13-27-25(33-22)17-9-10-28-29-12-17)20-11-19(32-2)7-8-21(20)30(15)14-16-3-5-18(26)6-4-16/h3-13H,14H2,1-2H3. The molecular weight excluding hydrogens is 456 g/mol. The zero-order valence-electron chi connectivity index (χ0n) is 17.9. The van der Waals surface area contributed by atoms with Gasteiger partial charge in [0.25, 0.3) is 0 Å². The van der Waals surface area contributed by atoms with Crippen molar-refractivity contribution in [1.29, 1.82) is 0 Å². The van der Waals surface area contributed by atoms with Crippen LogP contribution in [0.15, 0.2) is 67.1 Å². The fraction of sp³-hybridized carbons (Fsp3) is 0.120. The smallest absolute Gasteiger partial charge is 0.207 e. The summed E-state index contributed by atoms with van der Waals surface area (Å²) in [5, 5.41) is 9.98. The Kier molecular flexibility index (Phi) is 5.66. The van der Waals surface area contributed by atoms with E-state index in [-0.39, 0.29) is 5.78 Å². The second-order valence-electron chi connectivity index (χ2n) is 7.55. The van der Waals surface area contributed by atoms with Gasteiger partial charge in [0.15, 0.2) is 0 Å². The number of hydrogen-bond donors (Lipinski definition) is 0. The maximum absolute atomic E-state index is 13.7. The molecule has 5 aromatic rings. The van der Waals surface area contributed by atoms with Crippen molar-refractivity contribution in [2.75, 3.05) is 7.11 Å². The van der Waals surface area contributed by atoms with E-state index in [0.717, 1.165) is 32.7 Å². The van der Waals surface area contributed by atoms with Crippen LogP contribution in [0.25, 0.3) is 21.5 Å². The maximum Gasteiger partial charge on any atom is 0.207 e. The number of nitrogens with zero attached hydrogens (tertiary/aromatic N) is 4. The number of carbonyl (C=O) groups excluding carboxylic acids is 1. The number of fused-ring (bicyclic) bond motifs is 1. The molecule has 6 nitrogen and oxygen atoms in total. The molecule has 0 aliphatic heterocycles. The third-order valence-corrected chi connectivity index (χ3v) is 6.87. The fourth-order valence-electron chi connectivity index (χ4n) is 3.90. The minimum atomic E-state index is -0.0635. The molecule has 0 radical (unpaired) electrons. The van der Waals surface area contributed by atoms with Crippen LogP contribution < -0.4 is 4.74 Å². The number of aromatic nitrogens is 4. The van der Waals surface area contributed by atoms with E-state index in [0.29, 0.717) is 27.8 Å². The molecule has 0 atom stereocenters. The Morgan fingerprint density at radius 1 is 1.09 bits per heavy atom. The van der Waals surface area contributed by atoms with Crippen molar-refractivity contribution >= 4 is 39.6 Å². The Bertz CT molecular complexity index is 1460. The van der Waals surface area contributed by atoms with Crippen molar-refractivity contribution in [3.05, 3.63) is 93.8 Å². The predicted molar refractivity (Wildman–Crippen MR) is 130 cm³/mol. The molecule has 0 bridgehead atoms. The molecule has 0 fully saturated rings. The van der Waals surface area contributed by atoms with Crippen molar-refractivity contribution in [2.45, 2.75) is 13.5 Å². The number of ketones is 1. The molecule has 0 saturated heterocycles. The largest absolute Gasteiger partial charge is 0.497 e. The summed E-state index contributed by atoms with van der Waals surface area (Å²) in [6.45, 7) is 2.60.